The fourth-order valence-corrected chi connectivity index (χ4v) is 4.47. The van der Waals surface area contributed by atoms with E-state index in [1.165, 1.54) is 23.1 Å². The SMILES string of the molecule is O=C(N1C[C@@H](C(F)(F)F)[C@H](Nc2nc3c(F)cccc3o2)C1)C1(C2CC2)CC1. The maximum Gasteiger partial charge on any atom is 0.395 e. The van der Waals surface area contributed by atoms with Crippen molar-refractivity contribution < 1.29 is 26.8 Å². The highest BCUT2D eigenvalue weighted by Gasteiger charge is 2.62. The van der Waals surface area contributed by atoms with Crippen molar-refractivity contribution in [2.45, 2.75) is 37.9 Å². The number of oxazole rings is 1. The topological polar surface area (TPSA) is 58.4 Å². The molecule has 2 aliphatic carbocycles. The van der Waals surface area contributed by atoms with Crippen LogP contribution in [0, 0.1) is 23.1 Å². The molecule has 5 rings (SSSR count). The first-order chi connectivity index (χ1) is 13.3. The van der Waals surface area contributed by atoms with E-state index in [9.17, 15) is 22.4 Å². The van der Waals surface area contributed by atoms with Crippen LogP contribution in [0.4, 0.5) is 23.6 Å². The molecule has 9 heteroatoms. The van der Waals surface area contributed by atoms with Crippen molar-refractivity contribution in [3.8, 4) is 0 Å². The standard InChI is InChI=1S/C19H19F4N3O2/c20-12-2-1-3-14-15(12)25-17(28-14)24-13-9-26(8-11(13)19(21,22)23)16(27)18(6-7-18)10-4-5-10/h1-3,10-11,13H,4-9H2,(H,24,25)/t11-,13-/m1/s1. The molecule has 3 fully saturated rings. The minimum absolute atomic E-state index is 0.0369. The molecule has 5 nitrogen and oxygen atoms in total. The molecule has 2 saturated carbocycles. The van der Waals surface area contributed by atoms with Gasteiger partial charge in [-0.15, -0.1) is 0 Å². The van der Waals surface area contributed by atoms with E-state index in [0.717, 1.165) is 25.7 Å². The molecule has 1 aliphatic heterocycles. The smallest absolute Gasteiger partial charge is 0.395 e. The molecule has 0 spiro atoms. The molecule has 2 atom stereocenters. The molecule has 1 N–H and O–H groups in total. The fraction of sp³-hybridized carbons (Fsp3) is 0.579. The number of rotatable bonds is 4. The van der Waals surface area contributed by atoms with Crippen LogP contribution >= 0.6 is 0 Å². The highest BCUT2D eigenvalue weighted by atomic mass is 19.4. The van der Waals surface area contributed by atoms with Gasteiger partial charge in [-0.2, -0.15) is 18.2 Å². The van der Waals surface area contributed by atoms with Gasteiger partial charge >= 0.3 is 6.18 Å². The Morgan fingerprint density at radius 2 is 2.00 bits per heavy atom. The molecule has 1 saturated heterocycles. The second-order valence-corrected chi connectivity index (χ2v) is 8.15. The van der Waals surface area contributed by atoms with Gasteiger partial charge in [-0.1, -0.05) is 6.07 Å². The van der Waals surface area contributed by atoms with Gasteiger partial charge in [0, 0.05) is 13.1 Å². The largest absolute Gasteiger partial charge is 0.423 e. The van der Waals surface area contributed by atoms with Crippen LogP contribution in [0.25, 0.3) is 11.1 Å². The van der Waals surface area contributed by atoms with Crippen LogP contribution in [0.1, 0.15) is 25.7 Å². The monoisotopic (exact) mass is 397 g/mol. The van der Waals surface area contributed by atoms with Gasteiger partial charge in [-0.3, -0.25) is 4.79 Å². The highest BCUT2D eigenvalue weighted by molar-refractivity contribution is 5.86. The van der Waals surface area contributed by atoms with E-state index in [2.05, 4.69) is 10.3 Å². The third kappa shape index (κ3) is 2.82. The second kappa shape index (κ2) is 5.84. The molecule has 1 aromatic carbocycles. The van der Waals surface area contributed by atoms with Crippen LogP contribution in [0.2, 0.25) is 0 Å². The van der Waals surface area contributed by atoms with Gasteiger partial charge in [0.25, 0.3) is 6.01 Å². The summed E-state index contributed by atoms with van der Waals surface area (Å²) >= 11 is 0. The lowest BCUT2D eigenvalue weighted by atomic mass is 9.99. The number of carbonyl (C=O) groups excluding carboxylic acids is 1. The van der Waals surface area contributed by atoms with Gasteiger partial charge in [0.2, 0.25) is 5.91 Å². The first kappa shape index (κ1) is 17.8. The normalized spacial score (nSPS) is 26.6. The molecule has 3 aliphatic rings. The fourth-order valence-electron chi connectivity index (χ4n) is 4.47. The number of hydrogen-bond acceptors (Lipinski definition) is 4. The number of alkyl halides is 3. The Morgan fingerprint density at radius 3 is 2.61 bits per heavy atom. The lowest BCUT2D eigenvalue weighted by Crippen LogP contribution is -2.38. The molecule has 150 valence electrons. The summed E-state index contributed by atoms with van der Waals surface area (Å²) in [6.45, 7) is -0.443. The van der Waals surface area contributed by atoms with Crippen LogP contribution in [0.3, 0.4) is 0 Å². The third-order valence-corrected chi connectivity index (χ3v) is 6.28. The summed E-state index contributed by atoms with van der Waals surface area (Å²) in [6.07, 6.45) is -0.963. The summed E-state index contributed by atoms with van der Waals surface area (Å²) < 4.78 is 60.0. The lowest BCUT2D eigenvalue weighted by molar-refractivity contribution is -0.173. The van der Waals surface area contributed by atoms with Crippen LogP contribution in [0.15, 0.2) is 22.6 Å². The number of hydrogen-bond donors (Lipinski definition) is 1. The van der Waals surface area contributed by atoms with E-state index in [-0.39, 0.29) is 36.1 Å². The zero-order chi connectivity index (χ0) is 19.7. The van der Waals surface area contributed by atoms with E-state index >= 15 is 0 Å². The lowest BCUT2D eigenvalue weighted by Gasteiger charge is -2.23. The number of benzene rings is 1. The number of nitrogens with one attached hydrogen (secondary N) is 1. The summed E-state index contributed by atoms with van der Waals surface area (Å²) in [5.41, 5.74) is -0.306. The van der Waals surface area contributed by atoms with Gasteiger partial charge in [0.1, 0.15) is 5.52 Å². The van der Waals surface area contributed by atoms with Crippen molar-refractivity contribution in [1.82, 2.24) is 9.88 Å². The number of para-hydroxylation sites is 1. The summed E-state index contributed by atoms with van der Waals surface area (Å²) in [5, 5.41) is 2.66. The van der Waals surface area contributed by atoms with E-state index < -0.39 is 29.4 Å². The average Bonchev–Trinajstić information content (AvgIpc) is 3.53. The molecule has 1 amide bonds. The number of carbonyl (C=O) groups is 1. The van der Waals surface area contributed by atoms with Crippen molar-refractivity contribution in [2.75, 3.05) is 18.4 Å². The number of anilines is 1. The van der Waals surface area contributed by atoms with E-state index in [1.807, 2.05) is 0 Å². The van der Waals surface area contributed by atoms with Crippen LogP contribution < -0.4 is 5.32 Å². The maximum absolute atomic E-state index is 13.8. The molecular formula is C19H19F4N3O2. The first-order valence-electron chi connectivity index (χ1n) is 9.46. The zero-order valence-electron chi connectivity index (χ0n) is 14.9. The quantitative estimate of drug-likeness (QED) is 0.794. The van der Waals surface area contributed by atoms with Gasteiger partial charge in [-0.05, 0) is 43.7 Å². The van der Waals surface area contributed by atoms with Crippen LogP contribution in [-0.2, 0) is 4.79 Å². The number of likely N-dealkylation sites (tertiary alicyclic amines) is 1. The predicted molar refractivity (Wildman–Crippen MR) is 91.9 cm³/mol. The number of aromatic nitrogens is 1. The Hall–Kier alpha value is -2.32. The Balaban J connectivity index is 1.38. The predicted octanol–water partition coefficient (Wildman–Crippen LogP) is 3.96. The van der Waals surface area contributed by atoms with E-state index in [1.54, 1.807) is 0 Å². The van der Waals surface area contributed by atoms with E-state index in [0.29, 0.717) is 5.92 Å². The Labute approximate surface area is 158 Å². The summed E-state index contributed by atoms with van der Waals surface area (Å²) in [7, 11) is 0. The zero-order valence-corrected chi connectivity index (χ0v) is 14.9. The van der Waals surface area contributed by atoms with Crippen molar-refractivity contribution in [3.05, 3.63) is 24.0 Å². The van der Waals surface area contributed by atoms with Crippen LogP contribution in [-0.4, -0.2) is 41.1 Å². The Bertz CT molecular complexity index is 933. The number of nitrogens with zero attached hydrogens (tertiary/aromatic N) is 2. The molecular weight excluding hydrogens is 378 g/mol. The minimum Gasteiger partial charge on any atom is -0.423 e. The number of halogens is 4. The average molecular weight is 397 g/mol. The third-order valence-electron chi connectivity index (χ3n) is 6.28. The van der Waals surface area contributed by atoms with Gasteiger partial charge in [0.05, 0.1) is 17.4 Å². The minimum atomic E-state index is -4.47. The first-order valence-corrected chi connectivity index (χ1v) is 9.46. The van der Waals surface area contributed by atoms with Gasteiger partial charge < -0.3 is 14.6 Å². The molecule has 0 unspecified atom stereocenters. The molecule has 1 aromatic heterocycles. The summed E-state index contributed by atoms with van der Waals surface area (Å²) in [4.78, 5) is 18.2. The maximum atomic E-state index is 13.8. The van der Waals surface area contributed by atoms with Gasteiger partial charge in [-0.25, -0.2) is 4.39 Å². The second-order valence-electron chi connectivity index (χ2n) is 8.15. The van der Waals surface area contributed by atoms with Gasteiger partial charge in [0.15, 0.2) is 11.4 Å². The molecule has 0 bridgehead atoms. The molecule has 28 heavy (non-hydrogen) atoms. The molecule has 2 heterocycles. The van der Waals surface area contributed by atoms with Crippen LogP contribution in [0.5, 0.6) is 0 Å². The number of amides is 1. The van der Waals surface area contributed by atoms with Crippen molar-refractivity contribution in [2.24, 2.45) is 17.3 Å². The Morgan fingerprint density at radius 1 is 1.25 bits per heavy atom. The Kier molecular flexibility index (Phi) is 3.70. The van der Waals surface area contributed by atoms with Crippen molar-refractivity contribution in [3.63, 3.8) is 0 Å². The molecule has 2 aromatic rings. The summed E-state index contributed by atoms with van der Waals surface area (Å²) in [5.74, 6) is -2.16. The van der Waals surface area contributed by atoms with Crippen molar-refractivity contribution in [1.29, 1.82) is 0 Å². The van der Waals surface area contributed by atoms with E-state index in [4.69, 9.17) is 4.42 Å². The number of fused-ring (bicyclic) bond motifs is 1. The van der Waals surface area contributed by atoms with Crippen molar-refractivity contribution >= 4 is 23.0 Å². The summed E-state index contributed by atoms with van der Waals surface area (Å²) in [6, 6.07) is 2.88. The molecule has 0 radical (unpaired) electrons. The highest BCUT2D eigenvalue weighted by Crippen LogP contribution is 2.62.